The molecule has 1 N–H and O–H groups in total. The van der Waals surface area contributed by atoms with E-state index < -0.39 is 0 Å². The monoisotopic (exact) mass is 300 g/mol. The first kappa shape index (κ1) is 13.0. The van der Waals surface area contributed by atoms with E-state index in [1.807, 2.05) is 6.07 Å². The normalized spacial score (nSPS) is 21.0. The molecule has 1 unspecified atom stereocenters. The van der Waals surface area contributed by atoms with Gasteiger partial charge in [0.25, 0.3) is 0 Å². The third kappa shape index (κ3) is 3.50. The van der Waals surface area contributed by atoms with E-state index in [9.17, 15) is 4.39 Å². The van der Waals surface area contributed by atoms with E-state index in [0.717, 1.165) is 16.6 Å². The van der Waals surface area contributed by atoms with Gasteiger partial charge >= 0.3 is 0 Å². The summed E-state index contributed by atoms with van der Waals surface area (Å²) in [5, 5.41) is 3.34. The van der Waals surface area contributed by atoms with Crippen molar-refractivity contribution in [1.82, 2.24) is 10.2 Å². The van der Waals surface area contributed by atoms with Crippen LogP contribution < -0.4 is 5.32 Å². The second-order valence-corrected chi connectivity index (χ2v) is 5.56. The maximum atomic E-state index is 13.5. The summed E-state index contributed by atoms with van der Waals surface area (Å²) < 4.78 is 14.4. The summed E-state index contributed by atoms with van der Waals surface area (Å²) in [7, 11) is 2.15. The van der Waals surface area contributed by atoms with E-state index >= 15 is 0 Å². The summed E-state index contributed by atoms with van der Waals surface area (Å²) in [5.41, 5.74) is 0.722. The fraction of sp³-hybridized carbons (Fsp3) is 0.538. The Kier molecular flexibility index (Phi) is 4.54. The number of halogens is 2. The van der Waals surface area contributed by atoms with Crippen LogP contribution in [0, 0.1) is 5.82 Å². The molecule has 0 saturated carbocycles. The van der Waals surface area contributed by atoms with Gasteiger partial charge in [-0.1, -0.05) is 15.9 Å². The van der Waals surface area contributed by atoms with E-state index in [1.54, 1.807) is 6.07 Å². The molecule has 0 radical (unpaired) electrons. The number of hydrogen-bond acceptors (Lipinski definition) is 2. The summed E-state index contributed by atoms with van der Waals surface area (Å²) in [5.74, 6) is -0.138. The van der Waals surface area contributed by atoms with Crippen LogP contribution in [-0.2, 0) is 6.54 Å². The number of nitrogens with one attached hydrogen (secondary N) is 1. The first-order valence-corrected chi connectivity index (χ1v) is 6.81. The Hall–Kier alpha value is -0.450. The molecular formula is C13H18BrFN2. The average molecular weight is 301 g/mol. The lowest BCUT2D eigenvalue weighted by Crippen LogP contribution is -2.35. The molecule has 0 aromatic heterocycles. The minimum atomic E-state index is -0.138. The summed E-state index contributed by atoms with van der Waals surface area (Å²) in [6, 6.07) is 5.66. The van der Waals surface area contributed by atoms with Crippen molar-refractivity contribution in [2.24, 2.45) is 0 Å². The molecule has 17 heavy (non-hydrogen) atoms. The van der Waals surface area contributed by atoms with E-state index in [2.05, 4.69) is 33.2 Å². The van der Waals surface area contributed by atoms with Crippen LogP contribution >= 0.6 is 15.9 Å². The van der Waals surface area contributed by atoms with Crippen molar-refractivity contribution in [3.05, 3.63) is 34.1 Å². The van der Waals surface area contributed by atoms with Crippen molar-refractivity contribution in [2.75, 3.05) is 20.1 Å². The lowest BCUT2D eigenvalue weighted by Gasteiger charge is -2.19. The zero-order valence-electron chi connectivity index (χ0n) is 10.0. The summed E-state index contributed by atoms with van der Waals surface area (Å²) in [6.07, 6.45) is 2.51. The largest absolute Gasteiger partial charge is 0.311 e. The van der Waals surface area contributed by atoms with Crippen molar-refractivity contribution in [1.29, 1.82) is 0 Å². The molecule has 0 spiro atoms. The van der Waals surface area contributed by atoms with Crippen LogP contribution in [0.4, 0.5) is 4.39 Å². The Balaban J connectivity index is 1.83. The van der Waals surface area contributed by atoms with Gasteiger partial charge in [-0.15, -0.1) is 0 Å². The molecule has 1 aliphatic rings. The topological polar surface area (TPSA) is 15.3 Å². The number of likely N-dealkylation sites (N-methyl/N-ethyl adjacent to an activating group) is 1. The van der Waals surface area contributed by atoms with Crippen molar-refractivity contribution >= 4 is 15.9 Å². The zero-order valence-corrected chi connectivity index (χ0v) is 11.6. The van der Waals surface area contributed by atoms with Crippen LogP contribution in [-0.4, -0.2) is 31.1 Å². The van der Waals surface area contributed by atoms with Gasteiger partial charge in [-0.05, 0) is 44.6 Å². The molecule has 1 atom stereocenters. The van der Waals surface area contributed by atoms with E-state index in [-0.39, 0.29) is 5.82 Å². The molecule has 0 amide bonds. The van der Waals surface area contributed by atoms with Gasteiger partial charge < -0.3 is 10.2 Å². The molecule has 0 aliphatic carbocycles. The summed E-state index contributed by atoms with van der Waals surface area (Å²) >= 11 is 3.36. The van der Waals surface area contributed by atoms with E-state index in [4.69, 9.17) is 0 Å². The molecule has 2 nitrogen and oxygen atoms in total. The van der Waals surface area contributed by atoms with Crippen LogP contribution in [0.2, 0.25) is 0 Å². The highest BCUT2D eigenvalue weighted by molar-refractivity contribution is 9.10. The van der Waals surface area contributed by atoms with Crippen LogP contribution in [0.5, 0.6) is 0 Å². The average Bonchev–Trinajstić information content (AvgIpc) is 2.70. The van der Waals surface area contributed by atoms with Crippen molar-refractivity contribution < 1.29 is 4.39 Å². The molecule has 1 aromatic carbocycles. The van der Waals surface area contributed by atoms with Gasteiger partial charge in [-0.2, -0.15) is 0 Å². The highest BCUT2D eigenvalue weighted by atomic mass is 79.9. The Morgan fingerprint density at radius 1 is 1.53 bits per heavy atom. The molecule has 1 heterocycles. The molecule has 1 saturated heterocycles. The predicted molar refractivity (Wildman–Crippen MR) is 71.5 cm³/mol. The van der Waals surface area contributed by atoms with Crippen LogP contribution in [0.3, 0.4) is 0 Å². The smallest absolute Gasteiger partial charge is 0.127 e. The quantitative estimate of drug-likeness (QED) is 0.920. The summed E-state index contributed by atoms with van der Waals surface area (Å²) in [6.45, 7) is 2.70. The molecule has 0 bridgehead atoms. The first-order chi connectivity index (χ1) is 8.16. The number of rotatable bonds is 4. The van der Waals surface area contributed by atoms with Crippen LogP contribution in [0.15, 0.2) is 22.7 Å². The summed E-state index contributed by atoms with van der Waals surface area (Å²) in [4.78, 5) is 2.37. The van der Waals surface area contributed by atoms with Gasteiger partial charge in [-0.3, -0.25) is 0 Å². The van der Waals surface area contributed by atoms with Crippen LogP contribution in [0.25, 0.3) is 0 Å². The highest BCUT2D eigenvalue weighted by Gasteiger charge is 2.19. The van der Waals surface area contributed by atoms with E-state index in [0.29, 0.717) is 12.6 Å². The third-order valence-electron chi connectivity index (χ3n) is 3.37. The zero-order chi connectivity index (χ0) is 12.3. The van der Waals surface area contributed by atoms with Crippen LogP contribution in [0.1, 0.15) is 18.4 Å². The molecule has 1 aromatic rings. The second-order valence-electron chi connectivity index (χ2n) is 4.64. The fourth-order valence-corrected chi connectivity index (χ4v) is 2.70. The molecule has 1 fully saturated rings. The minimum absolute atomic E-state index is 0.138. The Morgan fingerprint density at radius 3 is 3.06 bits per heavy atom. The molecule has 94 valence electrons. The minimum Gasteiger partial charge on any atom is -0.311 e. The molecule has 4 heteroatoms. The number of nitrogens with zero attached hydrogens (tertiary/aromatic N) is 1. The maximum absolute atomic E-state index is 13.5. The second kappa shape index (κ2) is 5.94. The van der Waals surface area contributed by atoms with Gasteiger partial charge in [0, 0.05) is 29.2 Å². The Bertz CT molecular complexity index is 384. The lowest BCUT2D eigenvalue weighted by molar-refractivity contribution is 0.300. The van der Waals surface area contributed by atoms with Gasteiger partial charge in [0.05, 0.1) is 0 Å². The molecular weight excluding hydrogens is 283 g/mol. The Morgan fingerprint density at radius 2 is 2.35 bits per heavy atom. The maximum Gasteiger partial charge on any atom is 0.127 e. The molecule has 1 aliphatic heterocycles. The van der Waals surface area contributed by atoms with Gasteiger partial charge in [-0.25, -0.2) is 4.39 Å². The van der Waals surface area contributed by atoms with Crippen molar-refractivity contribution in [3.63, 3.8) is 0 Å². The number of benzene rings is 1. The lowest BCUT2D eigenvalue weighted by atomic mass is 10.2. The number of hydrogen-bond donors (Lipinski definition) is 1. The van der Waals surface area contributed by atoms with E-state index in [1.165, 1.54) is 25.5 Å². The molecule has 2 rings (SSSR count). The predicted octanol–water partition coefficient (Wildman–Crippen LogP) is 2.77. The third-order valence-corrected chi connectivity index (χ3v) is 3.87. The first-order valence-electron chi connectivity index (χ1n) is 6.01. The number of likely N-dealkylation sites (tertiary alicyclic amines) is 1. The van der Waals surface area contributed by atoms with Gasteiger partial charge in [0.1, 0.15) is 5.82 Å². The fourth-order valence-electron chi connectivity index (χ4n) is 2.29. The van der Waals surface area contributed by atoms with Gasteiger partial charge in [0.2, 0.25) is 0 Å². The van der Waals surface area contributed by atoms with Crippen molar-refractivity contribution in [2.45, 2.75) is 25.4 Å². The van der Waals surface area contributed by atoms with Crippen molar-refractivity contribution in [3.8, 4) is 0 Å². The highest BCUT2D eigenvalue weighted by Crippen LogP contribution is 2.16. The standard InChI is InChI=1S/C13H18BrFN2/c1-17-6-2-3-12(17)9-16-8-10-7-11(14)4-5-13(10)15/h4-5,7,12,16H,2-3,6,8-9H2,1H3. The Labute approximate surface area is 110 Å². The SMILES string of the molecule is CN1CCCC1CNCc1cc(Br)ccc1F. The van der Waals surface area contributed by atoms with Gasteiger partial charge in [0.15, 0.2) is 0 Å².